The van der Waals surface area contributed by atoms with E-state index in [2.05, 4.69) is 9.46 Å². The van der Waals surface area contributed by atoms with Crippen molar-refractivity contribution in [2.24, 2.45) is 5.92 Å². The molecule has 2 saturated carbocycles. The lowest BCUT2D eigenvalue weighted by atomic mass is 10.1. The van der Waals surface area contributed by atoms with Crippen molar-refractivity contribution in [2.75, 3.05) is 13.7 Å². The molecule has 0 saturated heterocycles. The number of rotatable bonds is 5. The Morgan fingerprint density at radius 3 is 2.61 bits per heavy atom. The Morgan fingerprint density at radius 2 is 2.11 bits per heavy atom. The summed E-state index contributed by atoms with van der Waals surface area (Å²) >= 11 is 0. The van der Waals surface area contributed by atoms with Crippen LogP contribution in [0.15, 0.2) is 0 Å². The molecule has 2 aliphatic rings. The van der Waals surface area contributed by atoms with Crippen LogP contribution in [-0.4, -0.2) is 44.0 Å². The van der Waals surface area contributed by atoms with E-state index in [1.54, 1.807) is 0 Å². The maximum Gasteiger partial charge on any atom is 0.310 e. The molecule has 0 spiro atoms. The zero-order valence-electron chi connectivity index (χ0n) is 10.4. The van der Waals surface area contributed by atoms with Gasteiger partial charge in [-0.25, -0.2) is 13.1 Å². The average Bonchev–Trinajstić information content (AvgIpc) is 2.92. The van der Waals surface area contributed by atoms with Gasteiger partial charge in [0.15, 0.2) is 0 Å². The Kier molecular flexibility index (Phi) is 3.66. The smallest absolute Gasteiger partial charge is 0.310 e. The van der Waals surface area contributed by atoms with Crippen LogP contribution in [0.2, 0.25) is 0 Å². The van der Waals surface area contributed by atoms with Gasteiger partial charge in [-0.15, -0.1) is 0 Å². The van der Waals surface area contributed by atoms with E-state index in [4.69, 9.17) is 5.11 Å². The highest BCUT2D eigenvalue weighted by molar-refractivity contribution is 7.90. The van der Waals surface area contributed by atoms with Gasteiger partial charge >= 0.3 is 5.97 Å². The summed E-state index contributed by atoms with van der Waals surface area (Å²) < 4.78 is 31.7. The highest BCUT2D eigenvalue weighted by atomic mass is 32.2. The van der Waals surface area contributed by atoms with Crippen molar-refractivity contribution in [1.82, 2.24) is 4.72 Å². The van der Waals surface area contributed by atoms with Crippen LogP contribution in [0, 0.1) is 5.92 Å². The van der Waals surface area contributed by atoms with Crippen molar-refractivity contribution < 1.29 is 23.1 Å². The molecule has 0 bridgehead atoms. The van der Waals surface area contributed by atoms with Gasteiger partial charge in [-0.1, -0.05) is 6.42 Å². The molecule has 0 heterocycles. The summed E-state index contributed by atoms with van der Waals surface area (Å²) in [5.74, 6) is -1.04. The topological polar surface area (TPSA) is 92.7 Å². The van der Waals surface area contributed by atoms with E-state index < -0.39 is 32.7 Å². The predicted octanol–water partition coefficient (Wildman–Crippen LogP) is -0.228. The minimum Gasteiger partial charge on any atom is -0.469 e. The van der Waals surface area contributed by atoms with Gasteiger partial charge in [-0.05, 0) is 25.7 Å². The number of sulfonamides is 1. The monoisotopic (exact) mass is 277 g/mol. The van der Waals surface area contributed by atoms with Crippen LogP contribution >= 0.6 is 0 Å². The number of aliphatic hydroxyl groups is 1. The molecule has 18 heavy (non-hydrogen) atoms. The first-order chi connectivity index (χ1) is 8.44. The number of carbonyl (C=O) groups is 1. The van der Waals surface area contributed by atoms with Crippen molar-refractivity contribution in [3.63, 3.8) is 0 Å². The van der Waals surface area contributed by atoms with Gasteiger partial charge in [0.2, 0.25) is 10.0 Å². The number of esters is 1. The standard InChI is InChI=1S/C11H19NO5S/c1-17-10(14)8-3-2-4-9(8)18(15,16)12-11(7-13)5-6-11/h8-9,12-13H,2-7H2,1H3. The fraction of sp³-hybridized carbons (Fsp3) is 0.909. The largest absolute Gasteiger partial charge is 0.469 e. The number of ether oxygens (including phenoxy) is 1. The molecule has 2 aliphatic carbocycles. The third-order valence-electron chi connectivity index (χ3n) is 3.87. The molecule has 7 heteroatoms. The van der Waals surface area contributed by atoms with E-state index >= 15 is 0 Å². The van der Waals surface area contributed by atoms with Crippen molar-refractivity contribution in [1.29, 1.82) is 0 Å². The van der Waals surface area contributed by atoms with Gasteiger partial charge in [0.25, 0.3) is 0 Å². The Morgan fingerprint density at radius 1 is 1.44 bits per heavy atom. The lowest BCUT2D eigenvalue weighted by molar-refractivity contribution is -0.145. The van der Waals surface area contributed by atoms with Crippen LogP contribution in [0.5, 0.6) is 0 Å². The fourth-order valence-electron chi connectivity index (χ4n) is 2.54. The molecule has 0 amide bonds. The van der Waals surface area contributed by atoms with E-state index in [-0.39, 0.29) is 6.61 Å². The summed E-state index contributed by atoms with van der Waals surface area (Å²) in [6, 6.07) is 0. The van der Waals surface area contributed by atoms with Gasteiger partial charge in [-0.3, -0.25) is 4.79 Å². The van der Waals surface area contributed by atoms with E-state index in [1.807, 2.05) is 0 Å². The molecule has 2 unspecified atom stereocenters. The zero-order chi connectivity index (χ0) is 13.4. The Hall–Kier alpha value is -0.660. The Bertz CT molecular complexity index is 429. The molecule has 2 N–H and O–H groups in total. The second-order valence-corrected chi connectivity index (χ2v) is 7.08. The number of nitrogens with one attached hydrogen (secondary N) is 1. The van der Waals surface area contributed by atoms with Crippen molar-refractivity contribution in [2.45, 2.75) is 42.9 Å². The van der Waals surface area contributed by atoms with Gasteiger partial charge in [0.05, 0.1) is 30.4 Å². The lowest BCUT2D eigenvalue weighted by Gasteiger charge is -2.22. The van der Waals surface area contributed by atoms with E-state index in [9.17, 15) is 13.2 Å². The third-order valence-corrected chi connectivity index (χ3v) is 5.95. The van der Waals surface area contributed by atoms with Crippen LogP contribution in [-0.2, 0) is 19.6 Å². The van der Waals surface area contributed by atoms with Crippen LogP contribution in [0.1, 0.15) is 32.1 Å². The first-order valence-electron chi connectivity index (χ1n) is 6.16. The molecule has 0 aliphatic heterocycles. The van der Waals surface area contributed by atoms with E-state index in [0.717, 1.165) is 0 Å². The van der Waals surface area contributed by atoms with E-state index in [0.29, 0.717) is 32.1 Å². The minimum atomic E-state index is -3.58. The van der Waals surface area contributed by atoms with Gasteiger partial charge in [0.1, 0.15) is 0 Å². The number of hydrogen-bond acceptors (Lipinski definition) is 5. The zero-order valence-corrected chi connectivity index (χ0v) is 11.2. The molecule has 0 aromatic rings. The van der Waals surface area contributed by atoms with Crippen molar-refractivity contribution in [3.05, 3.63) is 0 Å². The maximum absolute atomic E-state index is 12.2. The number of carbonyl (C=O) groups excluding carboxylic acids is 1. The van der Waals surface area contributed by atoms with Crippen LogP contribution in [0.3, 0.4) is 0 Å². The second-order valence-electron chi connectivity index (χ2n) is 5.18. The maximum atomic E-state index is 12.2. The number of aliphatic hydroxyl groups excluding tert-OH is 1. The minimum absolute atomic E-state index is 0.193. The lowest BCUT2D eigenvalue weighted by Crippen LogP contribution is -2.46. The molecular formula is C11H19NO5S. The Labute approximate surface area is 107 Å². The molecule has 104 valence electrons. The molecule has 2 fully saturated rings. The molecule has 2 rings (SSSR count). The average molecular weight is 277 g/mol. The Balaban J connectivity index is 2.11. The fourth-order valence-corrected chi connectivity index (χ4v) is 4.72. The van der Waals surface area contributed by atoms with Crippen molar-refractivity contribution in [3.8, 4) is 0 Å². The molecule has 0 radical (unpaired) electrons. The molecule has 0 aromatic carbocycles. The van der Waals surface area contributed by atoms with Gasteiger partial charge < -0.3 is 9.84 Å². The summed E-state index contributed by atoms with van der Waals surface area (Å²) in [6.45, 7) is -0.193. The number of methoxy groups -OCH3 is 1. The first-order valence-corrected chi connectivity index (χ1v) is 7.70. The summed E-state index contributed by atoms with van der Waals surface area (Å²) in [7, 11) is -2.31. The SMILES string of the molecule is COC(=O)C1CCCC1S(=O)(=O)NC1(CO)CC1. The van der Waals surface area contributed by atoms with Gasteiger partial charge in [0, 0.05) is 0 Å². The summed E-state index contributed by atoms with van der Waals surface area (Å²) in [6.07, 6.45) is 3.02. The van der Waals surface area contributed by atoms with Gasteiger partial charge in [-0.2, -0.15) is 0 Å². The summed E-state index contributed by atoms with van der Waals surface area (Å²) in [4.78, 5) is 11.6. The highest BCUT2D eigenvalue weighted by Crippen LogP contribution is 2.38. The predicted molar refractivity (Wildman–Crippen MR) is 64.3 cm³/mol. The first kappa shape index (κ1) is 13.8. The third kappa shape index (κ3) is 2.53. The van der Waals surface area contributed by atoms with Crippen LogP contribution in [0.4, 0.5) is 0 Å². The quantitative estimate of drug-likeness (QED) is 0.677. The summed E-state index contributed by atoms with van der Waals surface area (Å²) in [5.41, 5.74) is -0.678. The van der Waals surface area contributed by atoms with Crippen molar-refractivity contribution >= 4 is 16.0 Å². The van der Waals surface area contributed by atoms with Crippen LogP contribution < -0.4 is 4.72 Å². The van der Waals surface area contributed by atoms with Crippen LogP contribution in [0.25, 0.3) is 0 Å². The summed E-state index contributed by atoms with van der Waals surface area (Å²) in [5, 5.41) is 8.44. The molecule has 6 nitrogen and oxygen atoms in total. The van der Waals surface area contributed by atoms with E-state index in [1.165, 1.54) is 7.11 Å². The second kappa shape index (κ2) is 4.79. The normalized spacial score (nSPS) is 30.1. The molecule has 0 aromatic heterocycles. The molecular weight excluding hydrogens is 258 g/mol. The number of hydrogen-bond donors (Lipinski definition) is 2. The molecule has 2 atom stereocenters. The highest BCUT2D eigenvalue weighted by Gasteiger charge is 2.50.